The van der Waals surface area contributed by atoms with Crippen molar-refractivity contribution in [2.45, 2.75) is 31.5 Å². The molecule has 4 aromatic carbocycles. The smallest absolute Gasteiger partial charge is 0.255 e. The van der Waals surface area contributed by atoms with Crippen LogP contribution in [-0.2, 0) is 6.54 Å². The number of hydrogen-bond donors (Lipinski definition) is 2. The Kier molecular flexibility index (Phi) is 7.92. The van der Waals surface area contributed by atoms with Gasteiger partial charge in [0.15, 0.2) is 0 Å². The second-order valence-electron chi connectivity index (χ2n) is 13.3. The zero-order valence-corrected chi connectivity index (χ0v) is 27.5. The Balaban J connectivity index is 1.02. The number of anilines is 1. The number of piperidine rings is 1. The molecule has 0 radical (unpaired) electrons. The highest BCUT2D eigenvalue weighted by Gasteiger charge is 2.37. The van der Waals surface area contributed by atoms with Crippen LogP contribution in [0.5, 0.6) is 5.75 Å². The third-order valence-electron chi connectivity index (χ3n) is 10.5. The van der Waals surface area contributed by atoms with Crippen molar-refractivity contribution in [2.24, 2.45) is 0 Å². The van der Waals surface area contributed by atoms with Crippen LogP contribution in [0.15, 0.2) is 91.0 Å². The Morgan fingerprint density at radius 1 is 0.830 bits per heavy atom. The van der Waals surface area contributed by atoms with Gasteiger partial charge in [-0.1, -0.05) is 54.1 Å². The number of H-pyrrole nitrogens is 1. The number of para-hydroxylation sites is 1. The first-order chi connectivity index (χ1) is 22.9. The first-order valence-corrected chi connectivity index (χ1v) is 17.1. The molecular formula is C39H40ClN5O2. The lowest BCUT2D eigenvalue weighted by Gasteiger charge is -2.42. The highest BCUT2D eigenvalue weighted by Crippen LogP contribution is 2.41. The van der Waals surface area contributed by atoms with E-state index in [2.05, 4.69) is 69.2 Å². The van der Waals surface area contributed by atoms with Gasteiger partial charge in [0.1, 0.15) is 11.8 Å². The molecule has 7 nitrogen and oxygen atoms in total. The molecule has 8 heteroatoms. The number of nitrogens with one attached hydrogen (secondary N) is 1. The molecule has 5 aromatic rings. The van der Waals surface area contributed by atoms with Crippen molar-refractivity contribution in [1.29, 1.82) is 0 Å². The Labute approximate surface area is 281 Å². The number of piperazine rings is 1. The first kappa shape index (κ1) is 30.1. The number of aromatic amines is 1. The summed E-state index contributed by atoms with van der Waals surface area (Å²) in [6, 6.07) is 30.3. The maximum absolute atomic E-state index is 14.2. The van der Waals surface area contributed by atoms with E-state index < -0.39 is 6.04 Å². The number of nitrogens with zero attached hydrogens (tertiary/aromatic N) is 4. The van der Waals surface area contributed by atoms with E-state index in [0.29, 0.717) is 22.7 Å². The van der Waals surface area contributed by atoms with Gasteiger partial charge in [0, 0.05) is 71.8 Å². The molecule has 2 saturated heterocycles. The van der Waals surface area contributed by atoms with Crippen LogP contribution in [0.2, 0.25) is 5.02 Å². The summed E-state index contributed by atoms with van der Waals surface area (Å²) in [5, 5.41) is 12.5. The molecule has 3 aliphatic heterocycles. The number of carbonyl (C=O) groups is 1. The van der Waals surface area contributed by atoms with Crippen LogP contribution < -0.4 is 4.90 Å². The second-order valence-corrected chi connectivity index (χ2v) is 13.8. The summed E-state index contributed by atoms with van der Waals surface area (Å²) >= 11 is 6.42. The van der Waals surface area contributed by atoms with Gasteiger partial charge < -0.3 is 24.8 Å². The number of hydrogen-bond acceptors (Lipinski definition) is 5. The molecule has 2 fully saturated rings. The molecule has 3 aliphatic rings. The molecule has 240 valence electrons. The molecule has 0 spiro atoms. The van der Waals surface area contributed by atoms with Crippen LogP contribution in [-0.4, -0.2) is 83.1 Å². The fourth-order valence-electron chi connectivity index (χ4n) is 7.77. The molecule has 1 amide bonds. The zero-order valence-electron chi connectivity index (χ0n) is 26.7. The third kappa shape index (κ3) is 5.77. The number of fused-ring (bicyclic) bond motifs is 2. The lowest BCUT2D eigenvalue weighted by Crippen LogP contribution is -2.52. The number of amides is 1. The number of phenols is 1. The molecule has 4 heterocycles. The van der Waals surface area contributed by atoms with Gasteiger partial charge in [-0.15, -0.1) is 0 Å². The average Bonchev–Trinajstić information content (AvgIpc) is 3.67. The molecule has 1 aromatic heterocycles. The van der Waals surface area contributed by atoms with E-state index in [4.69, 9.17) is 11.6 Å². The molecule has 0 saturated carbocycles. The Morgan fingerprint density at radius 2 is 1.57 bits per heavy atom. The van der Waals surface area contributed by atoms with Crippen LogP contribution >= 0.6 is 11.6 Å². The summed E-state index contributed by atoms with van der Waals surface area (Å²) < 4.78 is 0. The van der Waals surface area contributed by atoms with E-state index in [1.165, 1.54) is 31.6 Å². The van der Waals surface area contributed by atoms with Crippen LogP contribution in [0.3, 0.4) is 0 Å². The summed E-state index contributed by atoms with van der Waals surface area (Å²) in [4.78, 5) is 27.1. The van der Waals surface area contributed by atoms with Gasteiger partial charge in [0.2, 0.25) is 0 Å². The van der Waals surface area contributed by atoms with Gasteiger partial charge >= 0.3 is 0 Å². The van der Waals surface area contributed by atoms with E-state index in [0.717, 1.165) is 65.5 Å². The first-order valence-electron chi connectivity index (χ1n) is 16.7. The zero-order chi connectivity index (χ0) is 32.1. The SMILES string of the molecule is CN1CCC(N2CCN(c3ccc(-c4ccc5c(c4)C(=O)N([C@@H](c4cc6ccccc6[nH]4)c4cc(Cl)ccc4O)C5)cc3)CC2)CC1. The fraction of sp³-hybridized carbons (Fsp3) is 0.308. The number of aromatic hydroxyl groups is 1. The molecule has 2 N–H and O–H groups in total. The molecule has 8 rings (SSSR count). The predicted molar refractivity (Wildman–Crippen MR) is 189 cm³/mol. The number of rotatable bonds is 6. The van der Waals surface area contributed by atoms with E-state index in [-0.39, 0.29) is 11.7 Å². The van der Waals surface area contributed by atoms with Gasteiger partial charge in [-0.05, 0) is 104 Å². The topological polar surface area (TPSA) is 66.0 Å². The monoisotopic (exact) mass is 645 g/mol. The number of aromatic nitrogens is 1. The van der Waals surface area contributed by atoms with Gasteiger partial charge in [-0.3, -0.25) is 9.69 Å². The largest absolute Gasteiger partial charge is 0.508 e. The van der Waals surface area contributed by atoms with Crippen molar-refractivity contribution in [3.8, 4) is 16.9 Å². The van der Waals surface area contributed by atoms with Crippen LogP contribution in [0.25, 0.3) is 22.0 Å². The van der Waals surface area contributed by atoms with Crippen LogP contribution in [0.1, 0.15) is 46.1 Å². The average molecular weight is 646 g/mol. The molecule has 47 heavy (non-hydrogen) atoms. The minimum absolute atomic E-state index is 0.0658. The Morgan fingerprint density at radius 3 is 2.34 bits per heavy atom. The van der Waals surface area contributed by atoms with Gasteiger partial charge in [0.25, 0.3) is 5.91 Å². The van der Waals surface area contributed by atoms with Crippen LogP contribution in [0.4, 0.5) is 5.69 Å². The normalized spacial score (nSPS) is 18.6. The third-order valence-corrected chi connectivity index (χ3v) is 10.7. The molecule has 0 unspecified atom stereocenters. The lowest BCUT2D eigenvalue weighted by atomic mass is 9.99. The maximum Gasteiger partial charge on any atom is 0.255 e. The van der Waals surface area contributed by atoms with Gasteiger partial charge in [0.05, 0.1) is 0 Å². The lowest BCUT2D eigenvalue weighted by molar-refractivity contribution is 0.0727. The fourth-order valence-corrected chi connectivity index (χ4v) is 7.95. The highest BCUT2D eigenvalue weighted by atomic mass is 35.5. The van der Waals surface area contributed by atoms with E-state index in [1.54, 1.807) is 18.2 Å². The number of benzene rings is 4. The van der Waals surface area contributed by atoms with Gasteiger partial charge in [-0.2, -0.15) is 0 Å². The van der Waals surface area contributed by atoms with Crippen molar-refractivity contribution < 1.29 is 9.90 Å². The Bertz CT molecular complexity index is 1890. The predicted octanol–water partition coefficient (Wildman–Crippen LogP) is 7.16. The highest BCUT2D eigenvalue weighted by molar-refractivity contribution is 6.30. The van der Waals surface area contributed by atoms with E-state index in [9.17, 15) is 9.90 Å². The minimum Gasteiger partial charge on any atom is -0.508 e. The van der Waals surface area contributed by atoms with Crippen molar-refractivity contribution in [3.05, 3.63) is 118 Å². The molecule has 0 aliphatic carbocycles. The second kappa shape index (κ2) is 12.4. The summed E-state index contributed by atoms with van der Waals surface area (Å²) in [7, 11) is 2.23. The summed E-state index contributed by atoms with van der Waals surface area (Å²) in [5.41, 5.74) is 7.42. The molecule has 0 bridgehead atoms. The van der Waals surface area contributed by atoms with Crippen molar-refractivity contribution in [3.63, 3.8) is 0 Å². The van der Waals surface area contributed by atoms with Crippen LogP contribution in [0, 0.1) is 0 Å². The number of likely N-dealkylation sites (tertiary alicyclic amines) is 1. The van der Waals surface area contributed by atoms with Gasteiger partial charge in [-0.25, -0.2) is 0 Å². The standard InChI is InChI=1S/C39H40ClN5O2/c1-42-16-14-32(15-17-42)44-20-18-43(19-21-44)31-11-8-26(9-12-31)27-6-7-29-25-45(39(47)33(29)22-27)38(34-24-30(40)10-13-37(34)46)36-23-28-4-2-3-5-35(28)41-36/h2-13,22-24,32,38,41,46H,14-21,25H2,1H3/t38-/m1/s1. The van der Waals surface area contributed by atoms with Crippen molar-refractivity contribution in [1.82, 2.24) is 19.7 Å². The molecular weight excluding hydrogens is 606 g/mol. The number of carbonyl (C=O) groups excluding carboxylic acids is 1. The maximum atomic E-state index is 14.2. The van der Waals surface area contributed by atoms with E-state index >= 15 is 0 Å². The summed E-state index contributed by atoms with van der Waals surface area (Å²) in [6.07, 6.45) is 2.55. The quantitative estimate of drug-likeness (QED) is 0.205. The molecule has 1 atom stereocenters. The Hall–Kier alpha value is -4.30. The van der Waals surface area contributed by atoms with Crippen molar-refractivity contribution >= 4 is 34.1 Å². The summed E-state index contributed by atoms with van der Waals surface area (Å²) in [6.45, 7) is 7.17. The van der Waals surface area contributed by atoms with E-state index in [1.807, 2.05) is 35.2 Å². The number of phenolic OH excluding ortho intramolecular Hbond substituents is 1. The van der Waals surface area contributed by atoms with Crippen molar-refractivity contribution in [2.75, 3.05) is 51.2 Å². The number of halogens is 1. The summed E-state index contributed by atoms with van der Waals surface area (Å²) in [5.74, 6) is 0.0369. The minimum atomic E-state index is -0.538.